The minimum absolute atomic E-state index is 0.0497. The van der Waals surface area contributed by atoms with E-state index in [9.17, 15) is 43.5 Å². The van der Waals surface area contributed by atoms with Gasteiger partial charge in [0.2, 0.25) is 17.4 Å². The number of carbonyl (C=O) groups is 7. The van der Waals surface area contributed by atoms with Crippen molar-refractivity contribution in [1.29, 1.82) is 0 Å². The Morgan fingerprint density at radius 2 is 1.55 bits per heavy atom. The number of nitrogens with two attached hydrogens (primary N) is 1. The van der Waals surface area contributed by atoms with Crippen LogP contribution in [-0.4, -0.2) is 181 Å². The number of unbranched alkanes of at least 4 members (excludes halogenated alkanes) is 3. The zero-order chi connectivity index (χ0) is 58.9. The number of likely N-dealkylation sites (tertiary alicyclic amines) is 2. The number of piperidine rings is 2. The molecule has 83 heavy (non-hydrogen) atoms. The van der Waals surface area contributed by atoms with Crippen molar-refractivity contribution in [2.75, 3.05) is 92.0 Å². The van der Waals surface area contributed by atoms with Crippen molar-refractivity contribution in [3.63, 3.8) is 0 Å². The number of imide groups is 1. The van der Waals surface area contributed by atoms with E-state index in [-0.39, 0.29) is 80.2 Å². The van der Waals surface area contributed by atoms with E-state index in [2.05, 4.69) is 20.9 Å². The van der Waals surface area contributed by atoms with Gasteiger partial charge in [-0.25, -0.2) is 14.6 Å². The zero-order valence-electron chi connectivity index (χ0n) is 47.9. The third kappa shape index (κ3) is 16.0. The fraction of sp³-hybridized carbons (Fsp3) is 0.610. The maximum absolute atomic E-state index is 14.4. The van der Waals surface area contributed by atoms with Crippen LogP contribution in [0.4, 0.5) is 4.79 Å². The number of nitrogens with one attached hydrogen (secondary N) is 3. The summed E-state index contributed by atoms with van der Waals surface area (Å²) >= 11 is 0. The summed E-state index contributed by atoms with van der Waals surface area (Å²) in [5.41, 5.74) is 7.71. The summed E-state index contributed by atoms with van der Waals surface area (Å²) in [5.74, 6) is -2.30. The number of benzene rings is 1. The van der Waals surface area contributed by atoms with E-state index in [0.29, 0.717) is 126 Å². The highest BCUT2D eigenvalue weighted by molar-refractivity contribution is 6.12. The molecule has 8 rings (SSSR count). The van der Waals surface area contributed by atoms with Gasteiger partial charge in [0.05, 0.1) is 68.6 Å². The minimum Gasteiger partial charge on any atom is -0.457 e. The minimum atomic E-state index is -1.96. The van der Waals surface area contributed by atoms with Crippen LogP contribution in [0.25, 0.3) is 22.3 Å². The first-order valence-electron chi connectivity index (χ1n) is 29.5. The fourth-order valence-electron chi connectivity index (χ4n) is 11.5. The number of cyclic esters (lactones) is 1. The molecule has 452 valence electrons. The Morgan fingerprint density at radius 1 is 0.831 bits per heavy atom. The lowest BCUT2D eigenvalue weighted by Crippen LogP contribution is -2.50. The van der Waals surface area contributed by atoms with Gasteiger partial charge in [0.25, 0.3) is 17.4 Å². The summed E-state index contributed by atoms with van der Waals surface area (Å²) in [5, 5.41) is 19.9. The Kier molecular flexibility index (Phi) is 22.7. The molecule has 3 aromatic rings. The van der Waals surface area contributed by atoms with Gasteiger partial charge in [-0.15, -0.1) is 0 Å². The van der Waals surface area contributed by atoms with E-state index in [1.807, 2.05) is 13.0 Å². The highest BCUT2D eigenvalue weighted by Gasteiger charge is 2.50. The molecule has 2 aromatic heterocycles. The number of aliphatic hydroxyl groups is 1. The quantitative estimate of drug-likeness (QED) is 0.0209. The Morgan fingerprint density at radius 3 is 2.29 bits per heavy atom. The van der Waals surface area contributed by atoms with Crippen LogP contribution in [0.2, 0.25) is 0 Å². The third-order valence-corrected chi connectivity index (χ3v) is 16.1. The molecule has 24 nitrogen and oxygen atoms in total. The van der Waals surface area contributed by atoms with Crippen LogP contribution in [0.5, 0.6) is 5.75 Å². The number of pyridine rings is 2. The summed E-state index contributed by atoms with van der Waals surface area (Å²) in [6.45, 7) is 8.91. The molecule has 2 saturated heterocycles. The number of fused-ring (bicyclic) bond motifs is 5. The van der Waals surface area contributed by atoms with Gasteiger partial charge in [-0.1, -0.05) is 33.1 Å². The second kappa shape index (κ2) is 30.2. The molecule has 2 fully saturated rings. The Bertz CT molecular complexity index is 2880. The summed E-state index contributed by atoms with van der Waals surface area (Å²) in [4.78, 5) is 113. The van der Waals surface area contributed by atoms with Gasteiger partial charge in [-0.2, -0.15) is 0 Å². The molecule has 0 saturated carbocycles. The molecule has 0 aliphatic carbocycles. The van der Waals surface area contributed by atoms with Crippen LogP contribution in [0.3, 0.4) is 0 Å². The molecule has 0 spiro atoms. The lowest BCUT2D eigenvalue weighted by Gasteiger charge is -2.39. The first-order chi connectivity index (χ1) is 40.2. The van der Waals surface area contributed by atoms with Crippen molar-refractivity contribution < 1.29 is 67.1 Å². The number of amides is 5. The molecule has 24 heteroatoms. The molecular formula is C59H81N9O15. The lowest BCUT2D eigenvalue weighted by molar-refractivity contribution is -0.189. The molecule has 7 heterocycles. The van der Waals surface area contributed by atoms with Gasteiger partial charge in [0, 0.05) is 79.9 Å². The normalized spacial score (nSPS) is 18.6. The summed E-state index contributed by atoms with van der Waals surface area (Å²) < 4.78 is 35.3. The molecule has 5 aliphatic rings. The van der Waals surface area contributed by atoms with Crippen LogP contribution in [-0.2, 0) is 77.6 Å². The van der Waals surface area contributed by atoms with E-state index in [1.165, 1.54) is 36.3 Å². The molecule has 0 bridgehead atoms. The average molecular weight is 1160 g/mol. The van der Waals surface area contributed by atoms with Crippen molar-refractivity contribution >= 4 is 52.6 Å². The first kappa shape index (κ1) is 62.4. The van der Waals surface area contributed by atoms with Gasteiger partial charge in [0.1, 0.15) is 25.2 Å². The second-order valence-corrected chi connectivity index (χ2v) is 21.6. The number of hydrogen-bond donors (Lipinski definition) is 5. The van der Waals surface area contributed by atoms with Crippen LogP contribution in [0.15, 0.2) is 41.2 Å². The Labute approximate surface area is 483 Å². The zero-order valence-corrected chi connectivity index (χ0v) is 47.9. The Hall–Kier alpha value is -6.67. The topological polar surface area (TPSA) is 302 Å². The molecule has 3 atom stereocenters. The molecule has 2 unspecified atom stereocenters. The van der Waals surface area contributed by atoms with Crippen molar-refractivity contribution in [1.82, 2.24) is 40.2 Å². The molecule has 5 aliphatic heterocycles. The van der Waals surface area contributed by atoms with Crippen LogP contribution < -0.4 is 32.0 Å². The number of ether oxygens (including phenoxy) is 6. The second-order valence-electron chi connectivity index (χ2n) is 21.6. The standard InChI is InChI=1S/C59H81N9O15/c1-3-41-42-33-40(82-58(77)66-26-19-39(20-27-66)65-23-10-6-11-24-65)15-16-47(42)64-54-43(41)36-68-48(54)34-45-44(56(68)75)37-81-57(76)59(45,4-2)83-53(73)35-63-55(74)46(60)13-8-9-21-61-50(70)38-80-32-31-79-30-29-78-28-22-62-49(69)14-7-5-12-25-67-51(71)17-18-52(67)72/h15-18,33-34,39,46,55,63,74H,3-14,19-32,35-38,60H2,1-2H3,(H,61,70)(H,62,69)/t46?,55?,59-/m0/s1. The van der Waals surface area contributed by atoms with Gasteiger partial charge in [-0.3, -0.25) is 39.0 Å². The number of esters is 2. The van der Waals surface area contributed by atoms with Crippen LogP contribution in [0, 0.1) is 0 Å². The highest BCUT2D eigenvalue weighted by Crippen LogP contribution is 2.42. The van der Waals surface area contributed by atoms with E-state index in [4.69, 9.17) is 39.1 Å². The molecular weight excluding hydrogens is 1070 g/mol. The van der Waals surface area contributed by atoms with E-state index >= 15 is 0 Å². The molecule has 6 N–H and O–H groups in total. The van der Waals surface area contributed by atoms with Crippen LogP contribution in [0.1, 0.15) is 120 Å². The average Bonchev–Trinajstić information content (AvgIpc) is 2.20. The van der Waals surface area contributed by atoms with Gasteiger partial charge < -0.3 is 64.3 Å². The summed E-state index contributed by atoms with van der Waals surface area (Å²) in [7, 11) is 0. The van der Waals surface area contributed by atoms with E-state index in [0.717, 1.165) is 48.9 Å². The van der Waals surface area contributed by atoms with Crippen molar-refractivity contribution in [2.24, 2.45) is 5.73 Å². The number of aliphatic hydroxyl groups excluding tert-OH is 1. The molecule has 1 aromatic carbocycles. The maximum Gasteiger partial charge on any atom is 0.415 e. The molecule has 5 amide bonds. The van der Waals surface area contributed by atoms with Crippen molar-refractivity contribution in [2.45, 2.75) is 141 Å². The monoisotopic (exact) mass is 1160 g/mol. The molecule has 0 radical (unpaired) electrons. The lowest BCUT2D eigenvalue weighted by atomic mass is 9.85. The van der Waals surface area contributed by atoms with Gasteiger partial charge in [0.15, 0.2) is 0 Å². The third-order valence-electron chi connectivity index (χ3n) is 16.1. The summed E-state index contributed by atoms with van der Waals surface area (Å²) in [6, 6.07) is 6.77. The summed E-state index contributed by atoms with van der Waals surface area (Å²) in [6.07, 6.45) is 10.8. The van der Waals surface area contributed by atoms with E-state index < -0.39 is 41.9 Å². The number of carbonyl (C=O) groups excluding carboxylic acids is 7. The van der Waals surface area contributed by atoms with Gasteiger partial charge in [-0.05, 0) is 107 Å². The predicted molar refractivity (Wildman–Crippen MR) is 302 cm³/mol. The van der Waals surface area contributed by atoms with Crippen molar-refractivity contribution in [3.8, 4) is 17.1 Å². The number of aryl methyl sites for hydroxylation is 1. The SMILES string of the molecule is CCc1c2c(nc3ccc(OC(=O)N4CCC(N5CCCCC5)CC4)cc13)-c1cc3c(c(=O)n1C2)COC(=O)[C@@]3(CC)OC(=O)CNC(O)C(N)CCCCNC(=O)COCCOCCOCCNC(=O)CCCCCN1C(=O)C=CC1=O. The highest BCUT2D eigenvalue weighted by atomic mass is 16.6. The van der Waals surface area contributed by atoms with E-state index in [1.54, 1.807) is 34.6 Å². The number of hydrogen-bond acceptors (Lipinski definition) is 19. The Balaban J connectivity index is 0.711. The predicted octanol–water partition coefficient (Wildman–Crippen LogP) is 2.82. The van der Waals surface area contributed by atoms with Crippen molar-refractivity contribution in [3.05, 3.63) is 69.0 Å². The maximum atomic E-state index is 14.4. The number of nitrogens with zero attached hydrogens (tertiary/aromatic N) is 5. The fourth-order valence-corrected chi connectivity index (χ4v) is 11.5. The smallest absolute Gasteiger partial charge is 0.415 e. The first-order valence-corrected chi connectivity index (χ1v) is 29.5. The van der Waals surface area contributed by atoms with Gasteiger partial charge >= 0.3 is 18.0 Å². The largest absolute Gasteiger partial charge is 0.457 e. The number of aromatic nitrogens is 2. The number of rotatable bonds is 31. The van der Waals surface area contributed by atoms with Crippen LogP contribution >= 0.6 is 0 Å².